The van der Waals surface area contributed by atoms with E-state index in [-0.39, 0.29) is 25.5 Å². The maximum absolute atomic E-state index is 12.7. The highest BCUT2D eigenvalue weighted by molar-refractivity contribution is 5.76. The monoisotopic (exact) mass is 543 g/mol. The van der Waals surface area contributed by atoms with E-state index in [0.717, 1.165) is 12.1 Å². The number of aromatic nitrogens is 1. The fourth-order valence-electron chi connectivity index (χ4n) is 2.97. The fraction of sp³-hybridized carbons (Fsp3) is 0.500. The van der Waals surface area contributed by atoms with E-state index in [0.29, 0.717) is 55.9 Å². The van der Waals surface area contributed by atoms with Crippen LogP contribution in [0, 0.1) is 0 Å². The van der Waals surface area contributed by atoms with Gasteiger partial charge in [0.05, 0.1) is 25.0 Å². The Kier molecular flexibility index (Phi) is 13.1. The number of carbonyl (C=O) groups excluding carboxylic acids is 1. The quantitative estimate of drug-likeness (QED) is 0.237. The summed E-state index contributed by atoms with van der Waals surface area (Å²) < 4.78 is 75.0. The van der Waals surface area contributed by atoms with Gasteiger partial charge in [-0.15, -0.1) is 0 Å². The van der Waals surface area contributed by atoms with E-state index in [1.165, 1.54) is 18.3 Å². The third kappa shape index (κ3) is 12.1. The van der Waals surface area contributed by atoms with Gasteiger partial charge in [0.1, 0.15) is 0 Å². The smallest absolute Gasteiger partial charge is 0.475 e. The predicted molar refractivity (Wildman–Crippen MR) is 117 cm³/mol. The number of aliphatic carboxylic acids is 1. The molecule has 0 atom stereocenters. The van der Waals surface area contributed by atoms with Crippen LogP contribution in [0.25, 0.3) is 11.3 Å². The van der Waals surface area contributed by atoms with Crippen LogP contribution in [-0.2, 0) is 22.2 Å². The highest BCUT2D eigenvalue weighted by atomic mass is 19.4. The SMILES string of the molecule is O=C(CCc1cnoc1-c1ccc(C(F)(F)F)cc1)NCCCN(CCO)CCO.O=C(O)C(F)(F)F. The number of aliphatic hydroxyl groups is 2. The van der Waals surface area contributed by atoms with Crippen LogP contribution in [0.3, 0.4) is 0 Å². The Morgan fingerprint density at radius 3 is 2.03 bits per heavy atom. The van der Waals surface area contributed by atoms with Gasteiger partial charge in [-0.1, -0.05) is 17.3 Å². The minimum atomic E-state index is -5.08. The first-order valence-corrected chi connectivity index (χ1v) is 10.9. The molecule has 0 aliphatic heterocycles. The highest BCUT2D eigenvalue weighted by Gasteiger charge is 2.38. The number of benzene rings is 1. The molecule has 2 rings (SSSR count). The van der Waals surface area contributed by atoms with Crippen LogP contribution in [0.15, 0.2) is 35.0 Å². The summed E-state index contributed by atoms with van der Waals surface area (Å²) >= 11 is 0. The molecule has 0 fully saturated rings. The van der Waals surface area contributed by atoms with Gasteiger partial charge in [-0.3, -0.25) is 9.69 Å². The Labute approximate surface area is 207 Å². The third-order valence-corrected chi connectivity index (χ3v) is 4.79. The highest BCUT2D eigenvalue weighted by Crippen LogP contribution is 2.32. The Hall–Kier alpha value is -3.17. The lowest BCUT2D eigenvalue weighted by Gasteiger charge is -2.19. The van der Waals surface area contributed by atoms with Crippen LogP contribution in [-0.4, -0.2) is 82.8 Å². The molecule has 208 valence electrons. The number of carboxylic acid groups (broad SMARTS) is 1. The summed E-state index contributed by atoms with van der Waals surface area (Å²) in [7, 11) is 0. The minimum absolute atomic E-state index is 0.00631. The first-order valence-electron chi connectivity index (χ1n) is 10.9. The van der Waals surface area contributed by atoms with Crippen molar-refractivity contribution < 1.29 is 55.8 Å². The first kappa shape index (κ1) is 31.9. The molecule has 0 saturated heterocycles. The fourth-order valence-corrected chi connectivity index (χ4v) is 2.97. The molecule has 1 amide bonds. The van der Waals surface area contributed by atoms with Crippen LogP contribution in [0.5, 0.6) is 0 Å². The average Bonchev–Trinajstić information content (AvgIpc) is 3.29. The third-order valence-electron chi connectivity index (χ3n) is 4.79. The molecule has 0 saturated carbocycles. The van der Waals surface area contributed by atoms with Crippen molar-refractivity contribution in [1.29, 1.82) is 0 Å². The average molecular weight is 543 g/mol. The molecule has 15 heteroatoms. The number of carbonyl (C=O) groups is 2. The number of hydrogen-bond acceptors (Lipinski definition) is 7. The first-order chi connectivity index (χ1) is 17.3. The Bertz CT molecular complexity index is 957. The van der Waals surface area contributed by atoms with Crippen molar-refractivity contribution in [2.24, 2.45) is 0 Å². The second kappa shape index (κ2) is 15.2. The standard InChI is InChI=1S/C20H26F3N3O4.C2HF3O2/c21-20(22,23)17-5-2-15(3-6-17)19-16(14-25-30-19)4-7-18(29)24-8-1-9-26(10-12-27)11-13-28;3-2(4,5)1(6)7/h2-3,5-6,14,27-28H,1,4,7-13H2,(H,24,29);(H,6,7). The topological polar surface area (TPSA) is 136 Å². The van der Waals surface area contributed by atoms with Crippen LogP contribution in [0.4, 0.5) is 26.3 Å². The molecular formula is C22H27F6N3O6. The lowest BCUT2D eigenvalue weighted by atomic mass is 10.0. The zero-order valence-electron chi connectivity index (χ0n) is 19.5. The molecule has 0 spiro atoms. The van der Waals surface area contributed by atoms with Crippen molar-refractivity contribution in [2.45, 2.75) is 31.6 Å². The summed E-state index contributed by atoms with van der Waals surface area (Å²) in [5.41, 5.74) is 0.356. The van der Waals surface area contributed by atoms with E-state index in [1.807, 2.05) is 4.90 Å². The van der Waals surface area contributed by atoms with Gasteiger partial charge in [0.15, 0.2) is 5.76 Å². The van der Waals surface area contributed by atoms with E-state index in [9.17, 15) is 31.1 Å². The van der Waals surface area contributed by atoms with Gasteiger partial charge >= 0.3 is 18.3 Å². The molecule has 0 aliphatic rings. The van der Waals surface area contributed by atoms with Gasteiger partial charge in [0, 0.05) is 37.2 Å². The summed E-state index contributed by atoms with van der Waals surface area (Å²) in [6, 6.07) is 4.59. The van der Waals surface area contributed by atoms with Gasteiger partial charge in [0.2, 0.25) is 5.91 Å². The number of halogens is 6. The molecule has 2 aromatic rings. The zero-order chi connectivity index (χ0) is 28.1. The van der Waals surface area contributed by atoms with Gasteiger partial charge in [-0.25, -0.2) is 4.79 Å². The van der Waals surface area contributed by atoms with Crippen molar-refractivity contribution in [2.75, 3.05) is 39.4 Å². The van der Waals surface area contributed by atoms with Crippen molar-refractivity contribution in [1.82, 2.24) is 15.4 Å². The van der Waals surface area contributed by atoms with Gasteiger partial charge < -0.3 is 25.2 Å². The Morgan fingerprint density at radius 2 is 1.54 bits per heavy atom. The number of rotatable bonds is 12. The number of aryl methyl sites for hydroxylation is 1. The van der Waals surface area contributed by atoms with E-state index in [1.54, 1.807) is 0 Å². The predicted octanol–water partition coefficient (Wildman–Crippen LogP) is 2.72. The second-order valence-electron chi connectivity index (χ2n) is 7.55. The maximum Gasteiger partial charge on any atom is 0.490 e. The number of alkyl halides is 6. The van der Waals surface area contributed by atoms with E-state index in [2.05, 4.69) is 10.5 Å². The van der Waals surface area contributed by atoms with Crippen LogP contribution in [0.2, 0.25) is 0 Å². The van der Waals surface area contributed by atoms with E-state index >= 15 is 0 Å². The summed E-state index contributed by atoms with van der Waals surface area (Å²) in [6.07, 6.45) is -6.83. The van der Waals surface area contributed by atoms with Crippen LogP contribution >= 0.6 is 0 Å². The van der Waals surface area contributed by atoms with Crippen LogP contribution < -0.4 is 5.32 Å². The second-order valence-corrected chi connectivity index (χ2v) is 7.55. The number of carboxylic acids is 1. The molecule has 1 heterocycles. The van der Waals surface area contributed by atoms with E-state index in [4.69, 9.17) is 24.6 Å². The maximum atomic E-state index is 12.7. The van der Waals surface area contributed by atoms with Crippen molar-refractivity contribution >= 4 is 11.9 Å². The van der Waals surface area contributed by atoms with Gasteiger partial charge in [0.25, 0.3) is 0 Å². The number of nitrogens with zero attached hydrogens (tertiary/aromatic N) is 2. The summed E-state index contributed by atoms with van der Waals surface area (Å²) in [5.74, 6) is -2.57. The molecule has 0 bridgehead atoms. The summed E-state index contributed by atoms with van der Waals surface area (Å²) in [6.45, 7) is 2.05. The summed E-state index contributed by atoms with van der Waals surface area (Å²) in [4.78, 5) is 22.9. The molecule has 1 aromatic carbocycles. The van der Waals surface area contributed by atoms with E-state index < -0.39 is 23.9 Å². The molecule has 9 nitrogen and oxygen atoms in total. The minimum Gasteiger partial charge on any atom is -0.475 e. The molecule has 0 unspecified atom stereocenters. The van der Waals surface area contributed by atoms with Gasteiger partial charge in [-0.05, 0) is 31.5 Å². The normalized spacial score (nSPS) is 11.7. The molecule has 0 radical (unpaired) electrons. The van der Waals surface area contributed by atoms with Crippen molar-refractivity contribution in [3.63, 3.8) is 0 Å². The molecule has 1 aromatic heterocycles. The zero-order valence-corrected chi connectivity index (χ0v) is 19.5. The largest absolute Gasteiger partial charge is 0.490 e. The van der Waals surface area contributed by atoms with Gasteiger partial charge in [-0.2, -0.15) is 26.3 Å². The molecular weight excluding hydrogens is 516 g/mol. The number of amides is 1. The van der Waals surface area contributed by atoms with Crippen molar-refractivity contribution in [3.05, 3.63) is 41.6 Å². The Balaban J connectivity index is 0.000000856. The lowest BCUT2D eigenvalue weighted by molar-refractivity contribution is -0.192. The molecule has 37 heavy (non-hydrogen) atoms. The van der Waals surface area contributed by atoms with Crippen LogP contribution in [0.1, 0.15) is 24.0 Å². The van der Waals surface area contributed by atoms with Crippen molar-refractivity contribution in [3.8, 4) is 11.3 Å². The number of aliphatic hydroxyl groups excluding tert-OH is 2. The lowest BCUT2D eigenvalue weighted by Crippen LogP contribution is -2.33. The number of hydrogen-bond donors (Lipinski definition) is 4. The molecule has 0 aliphatic carbocycles. The number of nitrogens with one attached hydrogen (secondary N) is 1. The molecule has 4 N–H and O–H groups in total. The Morgan fingerprint density at radius 1 is 0.973 bits per heavy atom. The summed E-state index contributed by atoms with van der Waals surface area (Å²) in [5, 5.41) is 31.6.